The van der Waals surface area contributed by atoms with E-state index in [9.17, 15) is 9.59 Å². The molecule has 0 radical (unpaired) electrons. The molecule has 4 rings (SSSR count). The topological polar surface area (TPSA) is 93.2 Å². The van der Waals surface area contributed by atoms with Gasteiger partial charge in [0.25, 0.3) is 11.8 Å². The van der Waals surface area contributed by atoms with E-state index in [1.54, 1.807) is 12.3 Å². The Morgan fingerprint density at radius 2 is 2.12 bits per heavy atom. The molecule has 2 aromatic heterocycles. The van der Waals surface area contributed by atoms with E-state index in [1.807, 2.05) is 32.0 Å². The lowest BCUT2D eigenvalue weighted by atomic mass is 10.0. The average Bonchev–Trinajstić information content (AvgIpc) is 2.65. The number of amides is 2. The van der Waals surface area contributed by atoms with E-state index in [-0.39, 0.29) is 18.4 Å². The minimum atomic E-state index is -0.325. The number of pyridine rings is 2. The van der Waals surface area contributed by atoms with Gasteiger partial charge >= 0.3 is 0 Å². The van der Waals surface area contributed by atoms with Crippen LogP contribution in [0.5, 0.6) is 5.88 Å². The third-order valence-corrected chi connectivity index (χ3v) is 4.38. The molecule has 26 heavy (non-hydrogen) atoms. The molecule has 0 atom stereocenters. The first-order valence-corrected chi connectivity index (χ1v) is 8.12. The molecule has 7 nitrogen and oxygen atoms in total. The number of nitrogens with one attached hydrogen (secondary N) is 2. The van der Waals surface area contributed by atoms with Crippen molar-refractivity contribution in [2.45, 2.75) is 13.8 Å². The van der Waals surface area contributed by atoms with Gasteiger partial charge in [0.15, 0.2) is 6.61 Å². The van der Waals surface area contributed by atoms with Crippen LogP contribution in [0.25, 0.3) is 10.9 Å². The average molecular weight is 348 g/mol. The molecule has 3 heterocycles. The normalized spacial score (nSPS) is 12.9. The molecule has 130 valence electrons. The molecular formula is C19H16N4O3. The van der Waals surface area contributed by atoms with E-state index in [0.29, 0.717) is 22.8 Å². The monoisotopic (exact) mass is 348 g/mol. The maximum atomic E-state index is 12.7. The van der Waals surface area contributed by atoms with Gasteiger partial charge in [-0.15, -0.1) is 0 Å². The van der Waals surface area contributed by atoms with Crippen molar-refractivity contribution in [1.82, 2.24) is 9.97 Å². The number of rotatable bonds is 2. The summed E-state index contributed by atoms with van der Waals surface area (Å²) in [5.74, 6) is -0.293. The predicted molar refractivity (Wildman–Crippen MR) is 97.5 cm³/mol. The van der Waals surface area contributed by atoms with E-state index < -0.39 is 0 Å². The van der Waals surface area contributed by atoms with Crippen LogP contribution in [0.3, 0.4) is 0 Å². The number of benzene rings is 1. The Morgan fingerprint density at radius 3 is 2.96 bits per heavy atom. The Morgan fingerprint density at radius 1 is 1.27 bits per heavy atom. The molecule has 2 amide bonds. The van der Waals surface area contributed by atoms with Crippen LogP contribution in [-0.2, 0) is 4.79 Å². The van der Waals surface area contributed by atoms with E-state index >= 15 is 0 Å². The third kappa shape index (κ3) is 2.73. The predicted octanol–water partition coefficient (Wildman–Crippen LogP) is 2.83. The van der Waals surface area contributed by atoms with Gasteiger partial charge in [0.2, 0.25) is 5.88 Å². The summed E-state index contributed by atoms with van der Waals surface area (Å²) in [6.07, 6.45) is 3.16. The van der Waals surface area contributed by atoms with Gasteiger partial charge in [-0.1, -0.05) is 0 Å². The van der Waals surface area contributed by atoms with Crippen molar-refractivity contribution < 1.29 is 14.3 Å². The summed E-state index contributed by atoms with van der Waals surface area (Å²) >= 11 is 0. The lowest BCUT2D eigenvalue weighted by molar-refractivity contribution is -0.118. The summed E-state index contributed by atoms with van der Waals surface area (Å²) in [7, 11) is 0. The number of ether oxygens (including phenoxy) is 1. The highest BCUT2D eigenvalue weighted by molar-refractivity contribution is 6.10. The number of carbonyl (C=O) groups is 2. The van der Waals surface area contributed by atoms with Gasteiger partial charge in [0, 0.05) is 17.8 Å². The Balaban J connectivity index is 1.69. The van der Waals surface area contributed by atoms with E-state index in [1.165, 1.54) is 6.20 Å². The van der Waals surface area contributed by atoms with Crippen LogP contribution in [-0.4, -0.2) is 28.4 Å². The summed E-state index contributed by atoms with van der Waals surface area (Å²) < 4.78 is 5.21. The highest BCUT2D eigenvalue weighted by Crippen LogP contribution is 2.29. The SMILES string of the molecule is Cc1cc(NC(=O)c2cnc3c(c2)NC(=O)CO3)c2cccnc2c1C. The maximum Gasteiger partial charge on any atom is 0.262 e. The molecule has 1 aliphatic rings. The van der Waals surface area contributed by atoms with Crippen LogP contribution in [0.4, 0.5) is 11.4 Å². The molecule has 3 aromatic rings. The number of hydrogen-bond acceptors (Lipinski definition) is 5. The number of aryl methyl sites for hydroxylation is 2. The maximum absolute atomic E-state index is 12.7. The quantitative estimate of drug-likeness (QED) is 0.743. The van der Waals surface area contributed by atoms with Crippen molar-refractivity contribution >= 4 is 34.1 Å². The van der Waals surface area contributed by atoms with Gasteiger partial charge in [0.05, 0.1) is 16.8 Å². The molecular weight excluding hydrogens is 332 g/mol. The van der Waals surface area contributed by atoms with E-state index in [0.717, 1.165) is 22.0 Å². The van der Waals surface area contributed by atoms with Crippen LogP contribution < -0.4 is 15.4 Å². The highest BCUT2D eigenvalue weighted by Gasteiger charge is 2.20. The van der Waals surface area contributed by atoms with Gasteiger partial charge in [-0.3, -0.25) is 14.6 Å². The third-order valence-electron chi connectivity index (χ3n) is 4.38. The standard InChI is InChI=1S/C19H16N4O3/c1-10-6-14(13-4-3-5-20-17(13)11(10)2)23-18(25)12-7-15-19(21-8-12)26-9-16(24)22-15/h3-8H,9H2,1-2H3,(H,22,24)(H,23,25). The molecule has 7 heteroatoms. The van der Waals surface area contributed by atoms with Crippen molar-refractivity contribution in [3.63, 3.8) is 0 Å². The van der Waals surface area contributed by atoms with Crippen molar-refractivity contribution in [2.24, 2.45) is 0 Å². The van der Waals surface area contributed by atoms with E-state index in [2.05, 4.69) is 20.6 Å². The first-order valence-electron chi connectivity index (χ1n) is 8.12. The second-order valence-corrected chi connectivity index (χ2v) is 6.13. The molecule has 1 aromatic carbocycles. The molecule has 0 unspecified atom stereocenters. The van der Waals surface area contributed by atoms with Crippen molar-refractivity contribution in [1.29, 1.82) is 0 Å². The van der Waals surface area contributed by atoms with Crippen molar-refractivity contribution in [2.75, 3.05) is 17.2 Å². The Hall–Kier alpha value is -3.48. The Labute approximate surface area is 149 Å². The van der Waals surface area contributed by atoms with Crippen molar-refractivity contribution in [3.05, 3.63) is 53.3 Å². The number of hydrogen-bond donors (Lipinski definition) is 2. The first kappa shape index (κ1) is 16.0. The summed E-state index contributed by atoms with van der Waals surface area (Å²) in [4.78, 5) is 32.7. The van der Waals surface area contributed by atoms with Crippen LogP contribution in [0.15, 0.2) is 36.7 Å². The van der Waals surface area contributed by atoms with Crippen LogP contribution in [0.1, 0.15) is 21.5 Å². The Kier molecular flexibility index (Phi) is 3.76. The Bertz CT molecular complexity index is 1060. The second-order valence-electron chi connectivity index (χ2n) is 6.13. The lowest BCUT2D eigenvalue weighted by Gasteiger charge is -2.17. The summed E-state index contributed by atoms with van der Waals surface area (Å²) in [6.45, 7) is 3.91. The number of carbonyl (C=O) groups excluding carboxylic acids is 2. The van der Waals surface area contributed by atoms with Crippen LogP contribution >= 0.6 is 0 Å². The van der Waals surface area contributed by atoms with Gasteiger partial charge in [0.1, 0.15) is 5.69 Å². The van der Waals surface area contributed by atoms with E-state index in [4.69, 9.17) is 4.74 Å². The minimum Gasteiger partial charge on any atom is -0.466 e. The number of aromatic nitrogens is 2. The highest BCUT2D eigenvalue weighted by atomic mass is 16.5. The number of nitrogens with zero attached hydrogens (tertiary/aromatic N) is 2. The molecule has 0 bridgehead atoms. The first-order chi connectivity index (χ1) is 12.5. The summed E-state index contributed by atoms with van der Waals surface area (Å²) in [5, 5.41) is 6.43. The molecule has 2 N–H and O–H groups in total. The fourth-order valence-corrected chi connectivity index (χ4v) is 2.91. The number of anilines is 2. The fraction of sp³-hybridized carbons (Fsp3) is 0.158. The van der Waals surface area contributed by atoms with Gasteiger partial charge in [-0.05, 0) is 49.2 Å². The second kappa shape index (κ2) is 6.11. The molecule has 0 saturated heterocycles. The summed E-state index contributed by atoms with van der Waals surface area (Å²) in [5.41, 5.74) is 4.36. The number of fused-ring (bicyclic) bond motifs is 2. The fourth-order valence-electron chi connectivity index (χ4n) is 2.91. The molecule has 0 fully saturated rings. The smallest absolute Gasteiger partial charge is 0.262 e. The summed E-state index contributed by atoms with van der Waals surface area (Å²) in [6, 6.07) is 7.23. The largest absolute Gasteiger partial charge is 0.466 e. The molecule has 0 aliphatic carbocycles. The lowest BCUT2D eigenvalue weighted by Crippen LogP contribution is -2.26. The molecule has 1 aliphatic heterocycles. The van der Waals surface area contributed by atoms with Gasteiger partial charge < -0.3 is 15.4 Å². The minimum absolute atomic E-state index is 0.0762. The zero-order chi connectivity index (χ0) is 18.3. The zero-order valence-electron chi connectivity index (χ0n) is 14.3. The molecule has 0 saturated carbocycles. The van der Waals surface area contributed by atoms with Crippen molar-refractivity contribution in [3.8, 4) is 5.88 Å². The molecule has 0 spiro atoms. The van der Waals surface area contributed by atoms with Crippen LogP contribution in [0.2, 0.25) is 0 Å². The van der Waals surface area contributed by atoms with Crippen LogP contribution in [0, 0.1) is 13.8 Å². The zero-order valence-corrected chi connectivity index (χ0v) is 14.3. The van der Waals surface area contributed by atoms with Gasteiger partial charge in [-0.25, -0.2) is 4.98 Å². The van der Waals surface area contributed by atoms with Gasteiger partial charge in [-0.2, -0.15) is 0 Å².